The number of aliphatic hydroxyl groups is 2. The molecule has 0 saturated carbocycles. The van der Waals surface area contributed by atoms with E-state index in [1.807, 2.05) is 36.4 Å². The lowest BCUT2D eigenvalue weighted by atomic mass is 9.91. The molecule has 4 heterocycles. The molecule has 0 radical (unpaired) electrons. The molecule has 2 fully saturated rings. The van der Waals surface area contributed by atoms with Gasteiger partial charge in [0.2, 0.25) is 5.82 Å². The van der Waals surface area contributed by atoms with E-state index in [-0.39, 0.29) is 17.4 Å². The number of carbonyl (C=O) groups excluding carboxylic acids is 2. The molecule has 2 amide bonds. The number of amides is 2. The Hall–Kier alpha value is -4.27. The number of nitrogens with zero attached hydrogens (tertiary/aromatic N) is 6. The monoisotopic (exact) mass is 642 g/mol. The molecule has 2 aliphatic heterocycles. The first-order valence-corrected chi connectivity index (χ1v) is 16.3. The van der Waals surface area contributed by atoms with Crippen molar-refractivity contribution in [3.8, 4) is 0 Å². The van der Waals surface area contributed by atoms with Gasteiger partial charge >= 0.3 is 5.91 Å². The first-order valence-electron chi connectivity index (χ1n) is 16.3. The molecule has 0 aliphatic carbocycles. The lowest BCUT2D eigenvalue weighted by Crippen LogP contribution is -2.49. The summed E-state index contributed by atoms with van der Waals surface area (Å²) in [6.07, 6.45) is 1.04. The molecule has 2 aromatic heterocycles. The van der Waals surface area contributed by atoms with E-state index in [1.165, 1.54) is 23.5 Å². The Kier molecular flexibility index (Phi) is 10.5. The van der Waals surface area contributed by atoms with E-state index in [0.717, 1.165) is 37.1 Å². The van der Waals surface area contributed by atoms with Crippen molar-refractivity contribution in [3.05, 3.63) is 90.1 Å². The van der Waals surface area contributed by atoms with Crippen LogP contribution < -0.4 is 10.7 Å². The maximum atomic E-state index is 14.1. The normalized spacial score (nSPS) is 21.7. The summed E-state index contributed by atoms with van der Waals surface area (Å²) >= 11 is 0. The number of fused-ring (bicyclic) bond motifs is 1. The molecule has 0 spiro atoms. The third-order valence-corrected chi connectivity index (χ3v) is 8.85. The minimum atomic E-state index is -1.46. The topological polar surface area (TPSA) is 158 Å². The van der Waals surface area contributed by atoms with Crippen LogP contribution in [-0.4, -0.2) is 109 Å². The van der Waals surface area contributed by atoms with Crippen LogP contribution in [0.3, 0.4) is 0 Å². The zero-order chi connectivity index (χ0) is 32.8. The fourth-order valence-corrected chi connectivity index (χ4v) is 6.29. The van der Waals surface area contributed by atoms with Crippen molar-refractivity contribution in [2.75, 3.05) is 39.3 Å². The number of carbonyl (C=O) groups is 2. The third kappa shape index (κ3) is 7.34. The Morgan fingerprint density at radius 2 is 1.66 bits per heavy atom. The number of likely N-dealkylation sites (N-methyl/N-ethyl adjacent to an activating group) is 1. The molecule has 4 aromatic rings. The number of likely N-dealkylation sites (tertiary alicyclic amines) is 1. The molecule has 6 rings (SSSR count). The number of rotatable bonds is 12. The Morgan fingerprint density at radius 1 is 0.979 bits per heavy atom. The molecule has 4 atom stereocenters. The average molecular weight is 643 g/mol. The number of aliphatic hydroxyl groups excluding tert-OH is 2. The predicted molar refractivity (Wildman–Crippen MR) is 174 cm³/mol. The largest absolute Gasteiger partial charge is 0.387 e. The van der Waals surface area contributed by atoms with Crippen molar-refractivity contribution < 1.29 is 24.5 Å². The van der Waals surface area contributed by atoms with E-state index in [9.17, 15) is 19.8 Å². The average Bonchev–Trinajstić information content (AvgIpc) is 3.66. The first-order chi connectivity index (χ1) is 22.9. The van der Waals surface area contributed by atoms with Gasteiger partial charge in [0, 0.05) is 25.6 Å². The van der Waals surface area contributed by atoms with Crippen LogP contribution in [0.5, 0.6) is 0 Å². The number of hydrogen-bond donors (Lipinski definition) is 4. The van der Waals surface area contributed by atoms with E-state index in [4.69, 9.17) is 4.74 Å². The van der Waals surface area contributed by atoms with Gasteiger partial charge in [0.25, 0.3) is 5.91 Å². The second-order valence-corrected chi connectivity index (χ2v) is 12.0. The van der Waals surface area contributed by atoms with Gasteiger partial charge in [-0.3, -0.25) is 19.2 Å². The summed E-state index contributed by atoms with van der Waals surface area (Å²) in [5.74, 6) is -1.02. The standard InChI is InChI=1S/C34H42N8O5/c1-2-35-32(45)29-27(43)28(44)34(47-29)41-22-37-26-21-36-30(39-31(26)41)33(46)42(19-18-40-16-10-5-11-17-40)38-20-25(23-12-6-3-7-13-23)24-14-8-4-9-15-24/h3-4,6-9,12-15,21-22,25,27-29,34,38,43-44H,2,5,10-11,16-20H2,1H3,(H,35,45)/t27-,28+,29-,34+/m0/s1. The minimum absolute atomic E-state index is 0.0159. The number of nitrogens with one attached hydrogen (secondary N) is 2. The third-order valence-electron chi connectivity index (χ3n) is 8.85. The van der Waals surface area contributed by atoms with Gasteiger partial charge in [-0.1, -0.05) is 67.1 Å². The summed E-state index contributed by atoms with van der Waals surface area (Å²) in [4.78, 5) is 42.2. The zero-order valence-electron chi connectivity index (χ0n) is 26.5. The second kappa shape index (κ2) is 15.1. The van der Waals surface area contributed by atoms with Gasteiger partial charge in [-0.2, -0.15) is 0 Å². The van der Waals surface area contributed by atoms with Crippen molar-refractivity contribution in [3.63, 3.8) is 0 Å². The van der Waals surface area contributed by atoms with E-state index in [2.05, 4.69) is 54.9 Å². The van der Waals surface area contributed by atoms with E-state index in [1.54, 1.807) is 11.9 Å². The van der Waals surface area contributed by atoms with Crippen LogP contribution in [0.2, 0.25) is 0 Å². The molecular formula is C34H42N8O5. The molecule has 0 unspecified atom stereocenters. The van der Waals surface area contributed by atoms with Gasteiger partial charge < -0.3 is 25.2 Å². The maximum absolute atomic E-state index is 14.1. The summed E-state index contributed by atoms with van der Waals surface area (Å²) in [6, 6.07) is 20.4. The van der Waals surface area contributed by atoms with Crippen molar-refractivity contribution >= 4 is 23.0 Å². The van der Waals surface area contributed by atoms with Crippen LogP contribution in [0.15, 0.2) is 73.2 Å². The Labute approximate surface area is 273 Å². The minimum Gasteiger partial charge on any atom is -0.387 e. The Bertz CT molecular complexity index is 1590. The van der Waals surface area contributed by atoms with Crippen LogP contribution in [-0.2, 0) is 9.53 Å². The van der Waals surface area contributed by atoms with Crippen molar-refractivity contribution in [2.45, 2.75) is 56.6 Å². The molecule has 2 saturated heterocycles. The van der Waals surface area contributed by atoms with Crippen molar-refractivity contribution in [1.82, 2.24) is 40.2 Å². The molecule has 0 bridgehead atoms. The lowest BCUT2D eigenvalue weighted by molar-refractivity contribution is -0.137. The number of ether oxygens (including phenoxy) is 1. The highest BCUT2D eigenvalue weighted by molar-refractivity contribution is 5.91. The summed E-state index contributed by atoms with van der Waals surface area (Å²) in [5.41, 5.74) is 6.28. The molecule has 13 nitrogen and oxygen atoms in total. The number of imidazole rings is 1. The van der Waals surface area contributed by atoms with Crippen molar-refractivity contribution in [1.29, 1.82) is 0 Å². The van der Waals surface area contributed by atoms with Crippen LogP contribution in [0.1, 0.15) is 60.1 Å². The molecule has 248 valence electrons. The van der Waals surface area contributed by atoms with E-state index >= 15 is 0 Å². The number of aromatic nitrogens is 4. The van der Waals surface area contributed by atoms with Gasteiger partial charge in [-0.05, 0) is 44.0 Å². The summed E-state index contributed by atoms with van der Waals surface area (Å²) < 4.78 is 7.22. The molecule has 2 aromatic carbocycles. The Balaban J connectivity index is 1.26. The number of hydrazine groups is 1. The summed E-state index contributed by atoms with van der Waals surface area (Å²) in [5, 5.41) is 25.6. The van der Waals surface area contributed by atoms with Crippen LogP contribution in [0.25, 0.3) is 11.2 Å². The van der Waals surface area contributed by atoms with Gasteiger partial charge in [-0.25, -0.2) is 20.4 Å². The van der Waals surface area contributed by atoms with Gasteiger partial charge in [0.1, 0.15) is 17.7 Å². The number of hydrogen-bond acceptors (Lipinski definition) is 10. The SMILES string of the molecule is CCNC(=O)[C@H]1O[C@@H](n2cnc3cnc(C(=O)N(CCN4CCCCC4)NCC(c4ccccc4)c4ccccc4)nc32)[C@H](O)[C@@H]1O. The Morgan fingerprint density at radius 3 is 2.32 bits per heavy atom. The van der Waals surface area contributed by atoms with Crippen molar-refractivity contribution in [2.24, 2.45) is 0 Å². The predicted octanol–water partition coefficient (Wildman–Crippen LogP) is 1.85. The van der Waals surface area contributed by atoms with Crippen LogP contribution in [0.4, 0.5) is 0 Å². The molecule has 47 heavy (non-hydrogen) atoms. The van der Waals surface area contributed by atoms with Crippen LogP contribution in [0, 0.1) is 0 Å². The lowest BCUT2D eigenvalue weighted by Gasteiger charge is -2.31. The molecular weight excluding hydrogens is 600 g/mol. The van der Waals surface area contributed by atoms with E-state index < -0.39 is 36.4 Å². The highest BCUT2D eigenvalue weighted by atomic mass is 16.6. The number of benzene rings is 2. The second-order valence-electron chi connectivity index (χ2n) is 12.0. The number of piperidine rings is 1. The fourth-order valence-electron chi connectivity index (χ4n) is 6.29. The summed E-state index contributed by atoms with van der Waals surface area (Å²) in [7, 11) is 0. The first kappa shape index (κ1) is 32.7. The fraction of sp³-hybridized carbons (Fsp3) is 0.441. The van der Waals surface area contributed by atoms with E-state index in [0.29, 0.717) is 31.7 Å². The summed E-state index contributed by atoms with van der Waals surface area (Å²) in [6.45, 7) is 5.66. The highest BCUT2D eigenvalue weighted by Gasteiger charge is 2.47. The zero-order valence-corrected chi connectivity index (χ0v) is 26.5. The smallest absolute Gasteiger partial charge is 0.305 e. The highest BCUT2D eigenvalue weighted by Crippen LogP contribution is 2.31. The van der Waals surface area contributed by atoms with Crippen LogP contribution >= 0.6 is 0 Å². The maximum Gasteiger partial charge on any atom is 0.305 e. The quantitative estimate of drug-likeness (QED) is 0.168. The molecule has 2 aliphatic rings. The van der Waals surface area contributed by atoms with Gasteiger partial charge in [0.05, 0.1) is 19.1 Å². The molecule has 13 heteroatoms. The van der Waals surface area contributed by atoms with Gasteiger partial charge in [0.15, 0.2) is 18.0 Å². The molecule has 4 N–H and O–H groups in total. The van der Waals surface area contributed by atoms with Gasteiger partial charge in [-0.15, -0.1) is 0 Å².